The number of anilines is 1. The maximum Gasteiger partial charge on any atom is 0.488 e. The third kappa shape index (κ3) is 5.78. The van der Waals surface area contributed by atoms with Crippen molar-refractivity contribution >= 4 is 16.2 Å². The highest BCUT2D eigenvalue weighted by molar-refractivity contribution is 7.81. The van der Waals surface area contributed by atoms with Gasteiger partial charge in [0, 0.05) is 18.7 Å². The quantitative estimate of drug-likeness (QED) is 0.482. The van der Waals surface area contributed by atoms with E-state index in [0.29, 0.717) is 13.0 Å². The summed E-state index contributed by atoms with van der Waals surface area (Å²) in [5, 5.41) is 3.08. The molecule has 0 aliphatic rings. The molecule has 1 aromatic carbocycles. The zero-order valence-electron chi connectivity index (χ0n) is 9.02. The van der Waals surface area contributed by atoms with Crippen LogP contribution in [0.1, 0.15) is 12.8 Å². The van der Waals surface area contributed by atoms with Gasteiger partial charge in [-0.05, 0) is 30.7 Å². The molecule has 6 heteroatoms. The summed E-state index contributed by atoms with van der Waals surface area (Å²) in [6.45, 7) is 0.714. The Morgan fingerprint density at radius 2 is 2.00 bits per heavy atom. The van der Waals surface area contributed by atoms with Crippen LogP contribution >= 0.6 is 0 Å². The van der Waals surface area contributed by atoms with Gasteiger partial charge >= 0.3 is 10.5 Å². The zero-order chi connectivity index (χ0) is 12.7. The first kappa shape index (κ1) is 13.3. The smallest absolute Gasteiger partial charge is 0.385 e. The van der Waals surface area contributed by atoms with E-state index in [-0.39, 0.29) is 5.75 Å². The van der Waals surface area contributed by atoms with Crippen LogP contribution in [-0.4, -0.2) is 15.0 Å². The van der Waals surface area contributed by atoms with Crippen molar-refractivity contribution in [2.45, 2.75) is 12.8 Å². The average Bonchev–Trinajstić information content (AvgIpc) is 2.25. The number of unbranched alkanes of at least 4 members (excludes halogenated alkanes) is 1. The van der Waals surface area contributed by atoms with Gasteiger partial charge in [0.1, 0.15) is 5.75 Å². The Kier molecular flexibility index (Phi) is 4.79. The lowest BCUT2D eigenvalue weighted by Crippen LogP contribution is -2.02. The number of nitrogens with one attached hydrogen (secondary N) is 1. The van der Waals surface area contributed by atoms with Crippen LogP contribution in [0.3, 0.4) is 0 Å². The predicted octanol–water partition coefficient (Wildman–Crippen LogP) is 2.10. The lowest BCUT2D eigenvalue weighted by molar-refractivity contribution is 0.440. The molecule has 92 valence electrons. The topological polar surface area (TPSA) is 55.4 Å². The lowest BCUT2D eigenvalue weighted by atomic mass is 10.3. The molecule has 0 bridgehead atoms. The van der Waals surface area contributed by atoms with Crippen LogP contribution in [0.2, 0.25) is 0 Å². The van der Waals surface area contributed by atoms with Gasteiger partial charge in [0.05, 0.1) is 0 Å². The first-order chi connectivity index (χ1) is 8.01. The number of benzene rings is 1. The molecule has 0 aliphatic carbocycles. The molecule has 4 nitrogen and oxygen atoms in total. The summed E-state index contributed by atoms with van der Waals surface area (Å²) in [6, 6.07) is 5.91. The molecule has 0 atom stereocenters. The molecule has 1 aromatic rings. The van der Waals surface area contributed by atoms with Gasteiger partial charge in [0.2, 0.25) is 0 Å². The summed E-state index contributed by atoms with van der Waals surface area (Å²) in [6.07, 6.45) is 6.63. The van der Waals surface area contributed by atoms with Gasteiger partial charge in [-0.2, -0.15) is 8.42 Å². The van der Waals surface area contributed by atoms with Crippen LogP contribution in [0.15, 0.2) is 24.3 Å². The van der Waals surface area contributed by atoms with E-state index in [0.717, 1.165) is 12.1 Å². The van der Waals surface area contributed by atoms with Gasteiger partial charge in [0.25, 0.3) is 0 Å². The molecule has 0 radical (unpaired) electrons. The maximum absolute atomic E-state index is 12.2. The molecule has 0 unspecified atom stereocenters. The third-order valence-corrected chi connectivity index (χ3v) is 2.27. The molecule has 0 heterocycles. The van der Waals surface area contributed by atoms with Crippen molar-refractivity contribution in [2.75, 3.05) is 11.9 Å². The standard InChI is InChI=1S/C11H12FNO3S/c1-2-3-4-9-13-10-5-7-11(8-6-10)16-17(12,14)15/h1,5-8,13H,3-4,9H2. The molecule has 0 saturated heterocycles. The molecular formula is C11H12FNO3S. The SMILES string of the molecule is C#CCCCNc1ccc(OS(=O)(=O)F)cc1. The van der Waals surface area contributed by atoms with Crippen molar-refractivity contribution in [1.82, 2.24) is 0 Å². The summed E-state index contributed by atoms with van der Waals surface area (Å²) in [4.78, 5) is 0. The van der Waals surface area contributed by atoms with Crippen molar-refractivity contribution in [3.63, 3.8) is 0 Å². The minimum absolute atomic E-state index is 0.0679. The highest BCUT2D eigenvalue weighted by Gasteiger charge is 2.08. The predicted molar refractivity (Wildman–Crippen MR) is 63.7 cm³/mol. The van der Waals surface area contributed by atoms with Crippen molar-refractivity contribution < 1.29 is 16.5 Å². The fourth-order valence-corrected chi connectivity index (χ4v) is 1.51. The van der Waals surface area contributed by atoms with Crippen LogP contribution in [0.5, 0.6) is 5.75 Å². The Labute approximate surface area is 100 Å². The van der Waals surface area contributed by atoms with Gasteiger partial charge in [0.15, 0.2) is 0 Å². The minimum Gasteiger partial charge on any atom is -0.385 e. The zero-order valence-corrected chi connectivity index (χ0v) is 9.84. The molecule has 0 fully saturated rings. The largest absolute Gasteiger partial charge is 0.488 e. The van der Waals surface area contributed by atoms with Gasteiger partial charge in [-0.1, -0.05) is 3.89 Å². The number of hydrogen-bond donors (Lipinski definition) is 1. The van der Waals surface area contributed by atoms with E-state index in [1.807, 2.05) is 0 Å². The second-order valence-electron chi connectivity index (χ2n) is 3.24. The average molecular weight is 257 g/mol. The van der Waals surface area contributed by atoms with E-state index in [2.05, 4.69) is 15.4 Å². The molecule has 0 amide bonds. The summed E-state index contributed by atoms with van der Waals surface area (Å²) in [5.74, 6) is 2.45. The summed E-state index contributed by atoms with van der Waals surface area (Å²) in [5.41, 5.74) is 0.783. The normalized spacial score (nSPS) is 10.6. The van der Waals surface area contributed by atoms with Crippen molar-refractivity contribution in [2.24, 2.45) is 0 Å². The van der Waals surface area contributed by atoms with Crippen LogP contribution in [0.4, 0.5) is 9.57 Å². The third-order valence-electron chi connectivity index (χ3n) is 1.88. The number of halogens is 1. The minimum atomic E-state index is -4.96. The molecule has 0 aromatic heterocycles. The Morgan fingerprint density at radius 3 is 2.53 bits per heavy atom. The summed E-state index contributed by atoms with van der Waals surface area (Å²) < 4.78 is 36.6. The fourth-order valence-electron chi connectivity index (χ4n) is 1.17. The van der Waals surface area contributed by atoms with Gasteiger partial charge in [-0.15, -0.1) is 12.3 Å². The first-order valence-electron chi connectivity index (χ1n) is 4.93. The Balaban J connectivity index is 2.48. The molecular weight excluding hydrogens is 245 g/mol. The fraction of sp³-hybridized carbons (Fsp3) is 0.273. The van der Waals surface area contributed by atoms with E-state index in [4.69, 9.17) is 6.42 Å². The summed E-state index contributed by atoms with van der Waals surface area (Å²) in [7, 11) is -4.96. The van der Waals surface area contributed by atoms with E-state index < -0.39 is 10.5 Å². The van der Waals surface area contributed by atoms with Crippen LogP contribution in [0.25, 0.3) is 0 Å². The van der Waals surface area contributed by atoms with Crippen LogP contribution < -0.4 is 9.50 Å². The molecule has 0 aliphatic heterocycles. The highest BCUT2D eigenvalue weighted by atomic mass is 32.3. The lowest BCUT2D eigenvalue weighted by Gasteiger charge is -2.05. The van der Waals surface area contributed by atoms with Crippen LogP contribution in [-0.2, 0) is 10.5 Å². The number of hydrogen-bond acceptors (Lipinski definition) is 4. The van der Waals surface area contributed by atoms with E-state index >= 15 is 0 Å². The summed E-state index contributed by atoms with van der Waals surface area (Å²) >= 11 is 0. The van der Waals surface area contributed by atoms with E-state index in [1.54, 1.807) is 12.1 Å². The molecule has 1 N–H and O–H groups in total. The van der Waals surface area contributed by atoms with Crippen molar-refractivity contribution in [3.05, 3.63) is 24.3 Å². The molecule has 1 rings (SSSR count). The number of rotatable bonds is 6. The number of terminal acetylenes is 1. The Bertz CT molecular complexity index is 490. The van der Waals surface area contributed by atoms with Crippen LogP contribution in [0, 0.1) is 12.3 Å². The molecule has 17 heavy (non-hydrogen) atoms. The van der Waals surface area contributed by atoms with E-state index in [9.17, 15) is 12.3 Å². The molecule has 0 spiro atoms. The van der Waals surface area contributed by atoms with Crippen molar-refractivity contribution in [3.8, 4) is 18.1 Å². The Morgan fingerprint density at radius 1 is 1.35 bits per heavy atom. The van der Waals surface area contributed by atoms with Gasteiger partial charge in [-0.3, -0.25) is 0 Å². The highest BCUT2D eigenvalue weighted by Crippen LogP contribution is 2.17. The second kappa shape index (κ2) is 6.11. The van der Waals surface area contributed by atoms with Gasteiger partial charge in [-0.25, -0.2) is 0 Å². The molecule has 0 saturated carbocycles. The maximum atomic E-state index is 12.2. The van der Waals surface area contributed by atoms with Gasteiger partial charge < -0.3 is 9.50 Å². The van der Waals surface area contributed by atoms with E-state index in [1.165, 1.54) is 12.1 Å². The second-order valence-corrected chi connectivity index (χ2v) is 4.19. The Hall–Kier alpha value is -1.74. The first-order valence-corrected chi connectivity index (χ1v) is 6.23. The van der Waals surface area contributed by atoms with Crippen molar-refractivity contribution in [1.29, 1.82) is 0 Å². The monoisotopic (exact) mass is 257 g/mol.